The molecule has 6 nitrogen and oxygen atoms in total. The smallest absolute Gasteiger partial charge is 0.325 e. The fraction of sp³-hybridized carbons (Fsp3) is 0.312. The average molecular weight is 367 g/mol. The third-order valence-electron chi connectivity index (χ3n) is 3.24. The molecule has 0 radical (unpaired) electrons. The zero-order valence-corrected chi connectivity index (χ0v) is 15.0. The van der Waals surface area contributed by atoms with Crippen molar-refractivity contribution >= 4 is 45.7 Å². The van der Waals surface area contributed by atoms with Crippen molar-refractivity contribution in [2.45, 2.75) is 32.7 Å². The number of hydrogen-bond donors (Lipinski definition) is 3. The van der Waals surface area contributed by atoms with E-state index >= 15 is 0 Å². The normalized spacial score (nSPS) is 11.6. The molecule has 3 N–H and O–H groups in total. The zero-order chi connectivity index (χ0) is 17.5. The molecule has 128 valence electrons. The average Bonchev–Trinajstić information content (AvgIpc) is 2.96. The Morgan fingerprint density at radius 3 is 2.62 bits per heavy atom. The van der Waals surface area contributed by atoms with Crippen LogP contribution in [0.4, 0.5) is 15.6 Å². The van der Waals surface area contributed by atoms with E-state index in [1.807, 2.05) is 13.8 Å². The second kappa shape index (κ2) is 8.65. The molecule has 0 aliphatic heterocycles. The van der Waals surface area contributed by atoms with Crippen molar-refractivity contribution in [1.82, 2.24) is 10.3 Å². The number of carbonyl (C=O) groups excluding carboxylic acids is 2. The zero-order valence-electron chi connectivity index (χ0n) is 13.4. The molecule has 2 aromatic rings. The largest absolute Gasteiger partial charge is 0.353 e. The number of anilines is 2. The van der Waals surface area contributed by atoms with Gasteiger partial charge in [0.15, 0.2) is 5.13 Å². The summed E-state index contributed by atoms with van der Waals surface area (Å²) >= 11 is 7.07. The van der Waals surface area contributed by atoms with Gasteiger partial charge in [0.05, 0.1) is 12.1 Å². The second-order valence-electron chi connectivity index (χ2n) is 5.28. The molecule has 0 unspecified atom stereocenters. The van der Waals surface area contributed by atoms with Crippen molar-refractivity contribution in [2.75, 3.05) is 10.6 Å². The number of urea groups is 1. The van der Waals surface area contributed by atoms with Crippen LogP contribution in [0.15, 0.2) is 29.6 Å². The number of hydrogen-bond acceptors (Lipinski definition) is 4. The molecular formula is C16H19ClN4O2S. The van der Waals surface area contributed by atoms with Crippen LogP contribution >= 0.6 is 22.9 Å². The molecule has 8 heteroatoms. The fourth-order valence-electron chi connectivity index (χ4n) is 1.83. The lowest BCUT2D eigenvalue weighted by Crippen LogP contribution is -2.33. The van der Waals surface area contributed by atoms with E-state index in [1.165, 1.54) is 11.3 Å². The third-order valence-corrected chi connectivity index (χ3v) is 4.29. The highest BCUT2D eigenvalue weighted by Gasteiger charge is 2.11. The lowest BCUT2D eigenvalue weighted by molar-refractivity contribution is -0.121. The maximum absolute atomic E-state index is 11.9. The Labute approximate surface area is 149 Å². The first kappa shape index (κ1) is 18.2. The van der Waals surface area contributed by atoms with E-state index in [4.69, 9.17) is 11.6 Å². The molecule has 0 aliphatic rings. The minimum Gasteiger partial charge on any atom is -0.353 e. The molecule has 0 fully saturated rings. The lowest BCUT2D eigenvalue weighted by atomic mass is 10.2. The molecule has 0 bridgehead atoms. The van der Waals surface area contributed by atoms with Crippen LogP contribution in [0.25, 0.3) is 0 Å². The van der Waals surface area contributed by atoms with Crippen LogP contribution in [0.2, 0.25) is 5.02 Å². The summed E-state index contributed by atoms with van der Waals surface area (Å²) in [6.07, 6.45) is 1.07. The molecule has 1 aromatic heterocycles. The first-order valence-corrected chi connectivity index (χ1v) is 8.79. The quantitative estimate of drug-likeness (QED) is 0.725. The van der Waals surface area contributed by atoms with Crippen molar-refractivity contribution in [3.8, 4) is 0 Å². The van der Waals surface area contributed by atoms with Crippen LogP contribution in [0, 0.1) is 0 Å². The first-order chi connectivity index (χ1) is 11.5. The Morgan fingerprint density at radius 1 is 1.25 bits per heavy atom. The van der Waals surface area contributed by atoms with Gasteiger partial charge in [-0.15, -0.1) is 11.3 Å². The van der Waals surface area contributed by atoms with Gasteiger partial charge in [-0.2, -0.15) is 0 Å². The summed E-state index contributed by atoms with van der Waals surface area (Å²) < 4.78 is 0. The second-order valence-corrected chi connectivity index (χ2v) is 6.58. The lowest BCUT2D eigenvalue weighted by Gasteiger charge is -2.10. The molecule has 24 heavy (non-hydrogen) atoms. The summed E-state index contributed by atoms with van der Waals surface area (Å²) in [6.45, 7) is 3.96. The predicted molar refractivity (Wildman–Crippen MR) is 97.8 cm³/mol. The van der Waals surface area contributed by atoms with Gasteiger partial charge in [-0.1, -0.05) is 18.5 Å². The molecular weight excluding hydrogens is 348 g/mol. The van der Waals surface area contributed by atoms with Gasteiger partial charge in [0, 0.05) is 22.1 Å². The number of thiazole rings is 1. The summed E-state index contributed by atoms with van der Waals surface area (Å²) in [4.78, 5) is 28.0. The van der Waals surface area contributed by atoms with E-state index in [-0.39, 0.29) is 18.4 Å². The number of halogens is 1. The predicted octanol–water partition coefficient (Wildman–Crippen LogP) is 3.90. The minimum absolute atomic E-state index is 0.0770. The van der Waals surface area contributed by atoms with Crippen molar-refractivity contribution in [2.24, 2.45) is 0 Å². The van der Waals surface area contributed by atoms with Crippen LogP contribution in [0.1, 0.15) is 26.0 Å². The van der Waals surface area contributed by atoms with Gasteiger partial charge in [-0.05, 0) is 37.6 Å². The molecule has 0 aliphatic carbocycles. The SMILES string of the molecule is CC[C@@H](C)NC(=O)Cc1csc(NC(=O)Nc2ccc(Cl)cc2)n1. The van der Waals surface area contributed by atoms with E-state index in [0.29, 0.717) is 21.5 Å². The van der Waals surface area contributed by atoms with E-state index in [9.17, 15) is 9.59 Å². The Kier molecular flexibility index (Phi) is 6.57. The molecule has 1 aromatic carbocycles. The monoisotopic (exact) mass is 366 g/mol. The van der Waals surface area contributed by atoms with Crippen LogP contribution in [-0.4, -0.2) is 23.0 Å². The number of rotatable bonds is 6. The van der Waals surface area contributed by atoms with E-state index in [0.717, 1.165) is 6.42 Å². The maximum Gasteiger partial charge on any atom is 0.325 e. The minimum atomic E-state index is -0.401. The van der Waals surface area contributed by atoms with Gasteiger partial charge in [0.25, 0.3) is 0 Å². The fourth-order valence-corrected chi connectivity index (χ4v) is 2.66. The number of aromatic nitrogens is 1. The van der Waals surface area contributed by atoms with Gasteiger partial charge in [-0.25, -0.2) is 9.78 Å². The summed E-state index contributed by atoms with van der Waals surface area (Å²) in [5, 5.41) is 11.0. The number of nitrogens with one attached hydrogen (secondary N) is 3. The highest BCUT2D eigenvalue weighted by atomic mass is 35.5. The van der Waals surface area contributed by atoms with Crippen molar-refractivity contribution in [3.05, 3.63) is 40.4 Å². The standard InChI is InChI=1S/C16H19ClN4O2S/c1-3-10(2)18-14(22)8-13-9-24-16(20-13)21-15(23)19-12-6-4-11(17)5-7-12/h4-7,9-10H,3,8H2,1-2H3,(H,18,22)(H2,19,20,21,23)/t10-/m1/s1. The van der Waals surface area contributed by atoms with Crippen molar-refractivity contribution in [1.29, 1.82) is 0 Å². The van der Waals surface area contributed by atoms with Crippen LogP contribution < -0.4 is 16.0 Å². The Bertz CT molecular complexity index is 702. The molecule has 3 amide bonds. The van der Waals surface area contributed by atoms with E-state index in [1.54, 1.807) is 29.6 Å². The third kappa shape index (κ3) is 5.82. The van der Waals surface area contributed by atoms with Gasteiger partial charge in [-0.3, -0.25) is 10.1 Å². The van der Waals surface area contributed by atoms with Gasteiger partial charge < -0.3 is 10.6 Å². The molecule has 0 spiro atoms. The topological polar surface area (TPSA) is 83.1 Å². The highest BCUT2D eigenvalue weighted by molar-refractivity contribution is 7.14. The number of amides is 3. The molecule has 0 saturated heterocycles. The first-order valence-electron chi connectivity index (χ1n) is 7.53. The van der Waals surface area contributed by atoms with E-state index < -0.39 is 6.03 Å². The van der Waals surface area contributed by atoms with Crippen LogP contribution in [-0.2, 0) is 11.2 Å². The summed E-state index contributed by atoms with van der Waals surface area (Å²) in [5.41, 5.74) is 1.25. The molecule has 0 saturated carbocycles. The van der Waals surface area contributed by atoms with Gasteiger partial charge >= 0.3 is 6.03 Å². The Balaban J connectivity index is 1.85. The summed E-state index contributed by atoms with van der Waals surface area (Å²) in [6, 6.07) is 6.52. The van der Waals surface area contributed by atoms with E-state index in [2.05, 4.69) is 20.9 Å². The Hall–Kier alpha value is -2.12. The van der Waals surface area contributed by atoms with Gasteiger partial charge in [0.1, 0.15) is 0 Å². The number of benzene rings is 1. The summed E-state index contributed by atoms with van der Waals surface area (Å²) in [7, 11) is 0. The molecule has 1 atom stereocenters. The number of carbonyl (C=O) groups is 2. The Morgan fingerprint density at radius 2 is 1.96 bits per heavy atom. The van der Waals surface area contributed by atoms with Crippen molar-refractivity contribution in [3.63, 3.8) is 0 Å². The maximum atomic E-state index is 11.9. The highest BCUT2D eigenvalue weighted by Crippen LogP contribution is 2.17. The van der Waals surface area contributed by atoms with Gasteiger partial charge in [0.2, 0.25) is 5.91 Å². The van der Waals surface area contributed by atoms with Crippen LogP contribution in [0.5, 0.6) is 0 Å². The van der Waals surface area contributed by atoms with Crippen LogP contribution in [0.3, 0.4) is 0 Å². The molecule has 2 rings (SSSR count). The number of nitrogens with zero attached hydrogens (tertiary/aromatic N) is 1. The summed E-state index contributed by atoms with van der Waals surface area (Å²) in [5.74, 6) is -0.0770. The molecule has 1 heterocycles. The van der Waals surface area contributed by atoms with Crippen molar-refractivity contribution < 1.29 is 9.59 Å².